The van der Waals surface area contributed by atoms with Crippen LogP contribution in [-0.4, -0.2) is 24.4 Å². The SMILES string of the molecule is CC1CCCC(CNC2CC(=O)NC2=O)C1. The molecular weight excluding hydrogens is 204 g/mol. The van der Waals surface area contributed by atoms with Crippen LogP contribution in [0.5, 0.6) is 0 Å². The second kappa shape index (κ2) is 4.95. The number of amides is 2. The summed E-state index contributed by atoms with van der Waals surface area (Å²) in [6, 6.07) is -0.287. The van der Waals surface area contributed by atoms with Gasteiger partial charge in [0.1, 0.15) is 0 Å². The molecule has 2 amide bonds. The van der Waals surface area contributed by atoms with Crippen molar-refractivity contribution in [2.75, 3.05) is 6.54 Å². The van der Waals surface area contributed by atoms with E-state index in [1.807, 2.05) is 0 Å². The molecule has 0 aromatic rings. The molecule has 1 aliphatic heterocycles. The first-order valence-electron chi connectivity index (χ1n) is 6.22. The molecule has 1 saturated carbocycles. The van der Waals surface area contributed by atoms with Gasteiger partial charge in [0.2, 0.25) is 11.8 Å². The van der Waals surface area contributed by atoms with Crippen LogP contribution < -0.4 is 10.6 Å². The van der Waals surface area contributed by atoms with Crippen LogP contribution in [0, 0.1) is 11.8 Å². The predicted octanol–water partition coefficient (Wildman–Crippen LogP) is 0.817. The Labute approximate surface area is 96.2 Å². The van der Waals surface area contributed by atoms with E-state index < -0.39 is 0 Å². The first kappa shape index (κ1) is 11.6. The number of hydrogen-bond donors (Lipinski definition) is 2. The summed E-state index contributed by atoms with van der Waals surface area (Å²) in [5, 5.41) is 5.54. The Kier molecular flexibility index (Phi) is 3.59. The highest BCUT2D eigenvalue weighted by Gasteiger charge is 2.30. The maximum Gasteiger partial charge on any atom is 0.244 e. The summed E-state index contributed by atoms with van der Waals surface area (Å²) in [4.78, 5) is 22.3. The van der Waals surface area contributed by atoms with Gasteiger partial charge in [-0.25, -0.2) is 0 Å². The van der Waals surface area contributed by atoms with Crippen molar-refractivity contribution in [2.24, 2.45) is 11.8 Å². The van der Waals surface area contributed by atoms with E-state index in [1.54, 1.807) is 0 Å². The molecule has 0 bridgehead atoms. The van der Waals surface area contributed by atoms with Gasteiger partial charge in [0.15, 0.2) is 0 Å². The van der Waals surface area contributed by atoms with Gasteiger partial charge in [-0.15, -0.1) is 0 Å². The third-order valence-electron chi connectivity index (χ3n) is 3.67. The molecule has 3 atom stereocenters. The lowest BCUT2D eigenvalue weighted by Crippen LogP contribution is -2.39. The summed E-state index contributed by atoms with van der Waals surface area (Å²) in [5.41, 5.74) is 0. The van der Waals surface area contributed by atoms with E-state index in [4.69, 9.17) is 0 Å². The zero-order valence-corrected chi connectivity index (χ0v) is 9.79. The van der Waals surface area contributed by atoms with Crippen molar-refractivity contribution in [2.45, 2.75) is 45.1 Å². The van der Waals surface area contributed by atoms with Crippen molar-refractivity contribution in [3.8, 4) is 0 Å². The van der Waals surface area contributed by atoms with Crippen molar-refractivity contribution >= 4 is 11.8 Å². The van der Waals surface area contributed by atoms with Gasteiger partial charge in [-0.2, -0.15) is 0 Å². The molecule has 0 radical (unpaired) electrons. The molecule has 4 nitrogen and oxygen atoms in total. The molecular formula is C12H20N2O2. The lowest BCUT2D eigenvalue weighted by atomic mass is 9.82. The van der Waals surface area contributed by atoms with Crippen LogP contribution in [0.15, 0.2) is 0 Å². The van der Waals surface area contributed by atoms with Crippen molar-refractivity contribution in [1.82, 2.24) is 10.6 Å². The minimum absolute atomic E-state index is 0.153. The van der Waals surface area contributed by atoms with Gasteiger partial charge in [-0.05, 0) is 31.2 Å². The summed E-state index contributed by atoms with van der Waals surface area (Å²) in [5.74, 6) is 1.17. The Morgan fingerprint density at radius 3 is 2.81 bits per heavy atom. The fourth-order valence-electron chi connectivity index (χ4n) is 2.77. The second-order valence-electron chi connectivity index (χ2n) is 5.22. The monoisotopic (exact) mass is 224 g/mol. The highest BCUT2D eigenvalue weighted by molar-refractivity contribution is 6.05. The first-order chi connectivity index (χ1) is 7.65. The van der Waals surface area contributed by atoms with Crippen LogP contribution in [0.25, 0.3) is 0 Å². The van der Waals surface area contributed by atoms with E-state index in [-0.39, 0.29) is 17.9 Å². The number of hydrogen-bond acceptors (Lipinski definition) is 3. The Morgan fingerprint density at radius 1 is 1.38 bits per heavy atom. The Balaban J connectivity index is 1.74. The maximum atomic E-state index is 11.3. The number of carbonyl (C=O) groups is 2. The van der Waals surface area contributed by atoms with Gasteiger partial charge in [-0.3, -0.25) is 14.9 Å². The highest BCUT2D eigenvalue weighted by Crippen LogP contribution is 2.28. The smallest absolute Gasteiger partial charge is 0.244 e. The minimum Gasteiger partial charge on any atom is -0.305 e. The molecule has 2 N–H and O–H groups in total. The van der Waals surface area contributed by atoms with Gasteiger partial charge >= 0.3 is 0 Å². The molecule has 4 heteroatoms. The lowest BCUT2D eigenvalue weighted by molar-refractivity contribution is -0.125. The van der Waals surface area contributed by atoms with Crippen molar-refractivity contribution < 1.29 is 9.59 Å². The van der Waals surface area contributed by atoms with Crippen LogP contribution in [0.2, 0.25) is 0 Å². The molecule has 3 unspecified atom stereocenters. The standard InChI is InChI=1S/C12H20N2O2/c1-8-3-2-4-9(5-8)7-13-10-6-11(15)14-12(10)16/h8-10,13H,2-7H2,1H3,(H,14,15,16). The lowest BCUT2D eigenvalue weighted by Gasteiger charge is -2.27. The Bertz CT molecular complexity index is 291. The van der Waals surface area contributed by atoms with Crippen molar-refractivity contribution in [3.05, 3.63) is 0 Å². The molecule has 1 aliphatic carbocycles. The molecule has 2 aliphatic rings. The normalized spacial score (nSPS) is 35.2. The summed E-state index contributed by atoms with van der Waals surface area (Å²) in [6.45, 7) is 3.16. The Hall–Kier alpha value is -0.900. The van der Waals surface area contributed by atoms with Crippen LogP contribution in [0.3, 0.4) is 0 Å². The summed E-state index contributed by atoms with van der Waals surface area (Å²) >= 11 is 0. The van der Waals surface area contributed by atoms with Crippen molar-refractivity contribution in [1.29, 1.82) is 0 Å². The maximum absolute atomic E-state index is 11.3. The fraction of sp³-hybridized carbons (Fsp3) is 0.833. The largest absolute Gasteiger partial charge is 0.305 e. The van der Waals surface area contributed by atoms with E-state index in [9.17, 15) is 9.59 Å². The summed E-state index contributed by atoms with van der Waals surface area (Å²) in [7, 11) is 0. The van der Waals surface area contributed by atoms with Crippen LogP contribution in [0.4, 0.5) is 0 Å². The quantitative estimate of drug-likeness (QED) is 0.698. The van der Waals surface area contributed by atoms with Crippen LogP contribution in [-0.2, 0) is 9.59 Å². The zero-order valence-electron chi connectivity index (χ0n) is 9.79. The topological polar surface area (TPSA) is 58.2 Å². The molecule has 0 aromatic carbocycles. The van der Waals surface area contributed by atoms with Gasteiger partial charge in [0, 0.05) is 0 Å². The van der Waals surface area contributed by atoms with Crippen molar-refractivity contribution in [3.63, 3.8) is 0 Å². The van der Waals surface area contributed by atoms with Crippen LogP contribution in [0.1, 0.15) is 39.0 Å². The highest BCUT2D eigenvalue weighted by atomic mass is 16.2. The van der Waals surface area contributed by atoms with Gasteiger partial charge in [0.05, 0.1) is 12.5 Å². The van der Waals surface area contributed by atoms with Gasteiger partial charge < -0.3 is 5.32 Å². The zero-order chi connectivity index (χ0) is 11.5. The number of carbonyl (C=O) groups excluding carboxylic acids is 2. The Morgan fingerprint density at radius 2 is 2.19 bits per heavy atom. The van der Waals surface area contributed by atoms with Crippen LogP contribution >= 0.6 is 0 Å². The van der Waals surface area contributed by atoms with E-state index in [2.05, 4.69) is 17.6 Å². The summed E-state index contributed by atoms with van der Waals surface area (Å²) < 4.78 is 0. The molecule has 1 saturated heterocycles. The summed E-state index contributed by atoms with van der Waals surface area (Å²) in [6.07, 6.45) is 5.43. The number of rotatable bonds is 3. The third-order valence-corrected chi connectivity index (χ3v) is 3.67. The number of imide groups is 1. The molecule has 2 rings (SSSR count). The van der Waals surface area contributed by atoms with E-state index >= 15 is 0 Å². The predicted molar refractivity (Wildman–Crippen MR) is 60.7 cm³/mol. The van der Waals surface area contributed by atoms with Gasteiger partial charge in [0.25, 0.3) is 0 Å². The molecule has 1 heterocycles. The fourth-order valence-corrected chi connectivity index (χ4v) is 2.77. The molecule has 90 valence electrons. The van der Waals surface area contributed by atoms with E-state index in [0.29, 0.717) is 12.3 Å². The first-order valence-corrected chi connectivity index (χ1v) is 6.22. The average Bonchev–Trinajstić information content (AvgIpc) is 2.54. The van der Waals surface area contributed by atoms with Gasteiger partial charge in [-0.1, -0.05) is 19.8 Å². The molecule has 0 aromatic heterocycles. The molecule has 2 fully saturated rings. The minimum atomic E-state index is -0.287. The third kappa shape index (κ3) is 2.82. The molecule has 16 heavy (non-hydrogen) atoms. The average molecular weight is 224 g/mol. The second-order valence-corrected chi connectivity index (χ2v) is 5.22. The molecule has 0 spiro atoms. The van der Waals surface area contributed by atoms with E-state index in [0.717, 1.165) is 12.5 Å². The van der Waals surface area contributed by atoms with E-state index in [1.165, 1.54) is 25.7 Å². The number of nitrogens with one attached hydrogen (secondary N) is 2.